The third-order valence-electron chi connectivity index (χ3n) is 4.72. The molecule has 0 unspecified atom stereocenters. The van der Waals surface area contributed by atoms with Gasteiger partial charge in [0.15, 0.2) is 12.4 Å². The van der Waals surface area contributed by atoms with Gasteiger partial charge in [-0.25, -0.2) is 14.4 Å². The van der Waals surface area contributed by atoms with Crippen LogP contribution in [0.4, 0.5) is 10.2 Å². The van der Waals surface area contributed by atoms with Crippen molar-refractivity contribution in [2.75, 3.05) is 26.0 Å². The molecule has 0 saturated heterocycles. The maximum absolute atomic E-state index is 14.3. The summed E-state index contributed by atoms with van der Waals surface area (Å²) >= 11 is 0. The van der Waals surface area contributed by atoms with E-state index in [1.165, 1.54) is 19.2 Å². The van der Waals surface area contributed by atoms with Gasteiger partial charge in [0.2, 0.25) is 0 Å². The van der Waals surface area contributed by atoms with Crippen molar-refractivity contribution in [3.8, 4) is 17.1 Å². The fourth-order valence-corrected chi connectivity index (χ4v) is 3.06. The first-order valence-electron chi connectivity index (χ1n) is 10.1. The number of halogens is 1. The third kappa shape index (κ3) is 5.70. The summed E-state index contributed by atoms with van der Waals surface area (Å²) in [5.74, 6) is 0.232. The number of aliphatic hydroxyl groups excluding tert-OH is 1. The molecule has 3 aromatic rings. The lowest BCUT2D eigenvalue weighted by Crippen LogP contribution is -2.33. The molecule has 0 atom stereocenters. The second-order valence-electron chi connectivity index (χ2n) is 6.84. The molecule has 0 fully saturated rings. The molecular weight excluding hydrogens is 425 g/mol. The van der Waals surface area contributed by atoms with Crippen LogP contribution < -0.4 is 25.9 Å². The van der Waals surface area contributed by atoms with Crippen LogP contribution in [0.25, 0.3) is 29.3 Å². The summed E-state index contributed by atoms with van der Waals surface area (Å²) in [6.07, 6.45) is 7.69. The van der Waals surface area contributed by atoms with E-state index in [1.54, 1.807) is 50.6 Å². The first-order valence-corrected chi connectivity index (χ1v) is 10.1. The van der Waals surface area contributed by atoms with Gasteiger partial charge in [0.05, 0.1) is 0 Å². The molecule has 9 heteroatoms. The van der Waals surface area contributed by atoms with Crippen LogP contribution in [0.3, 0.4) is 0 Å². The quantitative estimate of drug-likeness (QED) is 0.506. The number of carbonyl (C=O) groups is 1. The van der Waals surface area contributed by atoms with Crippen molar-refractivity contribution in [3.05, 3.63) is 70.7 Å². The Kier molecular flexibility index (Phi) is 7.69. The van der Waals surface area contributed by atoms with Crippen LogP contribution in [0.2, 0.25) is 0 Å². The van der Waals surface area contributed by atoms with E-state index in [4.69, 9.17) is 4.74 Å². The average molecular weight is 449 g/mol. The Labute approximate surface area is 190 Å². The van der Waals surface area contributed by atoms with Gasteiger partial charge in [-0.05, 0) is 48.4 Å². The number of aliphatic hydroxyl groups is 1. The molecular formula is C24H24FN5O3. The first-order chi connectivity index (χ1) is 16.0. The van der Waals surface area contributed by atoms with Crippen LogP contribution in [-0.2, 0) is 4.79 Å². The standard InChI is InChI=1S/C24H24FN5O3/c1-4-15(17-8-18(25)11-19(9-17)33-14-22(32)26-2)10-20-21(13-31)29-23(30-24(20)27-3)16-6-5-7-28-12-16/h4-13,31H,14H2,1-3H3,(H,26,32)(H,27,29,30)/b15-4+,20-10+,21-13-. The van der Waals surface area contributed by atoms with Gasteiger partial charge >= 0.3 is 0 Å². The number of ether oxygens (including phenoxy) is 1. The molecule has 0 saturated carbocycles. The fourth-order valence-electron chi connectivity index (χ4n) is 3.06. The topological polar surface area (TPSA) is 109 Å². The molecule has 2 heterocycles. The Balaban J connectivity index is 2.09. The van der Waals surface area contributed by atoms with Crippen molar-refractivity contribution in [2.45, 2.75) is 6.92 Å². The Hall–Kier alpha value is -4.27. The minimum absolute atomic E-state index is 0.215. The van der Waals surface area contributed by atoms with Crippen LogP contribution >= 0.6 is 0 Å². The van der Waals surface area contributed by atoms with Gasteiger partial charge in [-0.3, -0.25) is 9.78 Å². The lowest BCUT2D eigenvalue weighted by molar-refractivity contribution is -0.122. The molecule has 0 bridgehead atoms. The summed E-state index contributed by atoms with van der Waals surface area (Å²) < 4.78 is 19.7. The van der Waals surface area contributed by atoms with Crippen molar-refractivity contribution in [1.29, 1.82) is 0 Å². The van der Waals surface area contributed by atoms with Gasteiger partial charge in [-0.1, -0.05) is 6.08 Å². The number of anilines is 1. The molecule has 8 nitrogen and oxygen atoms in total. The second-order valence-corrected chi connectivity index (χ2v) is 6.84. The van der Waals surface area contributed by atoms with E-state index in [1.807, 2.05) is 6.07 Å². The van der Waals surface area contributed by atoms with Crippen molar-refractivity contribution in [3.63, 3.8) is 0 Å². The van der Waals surface area contributed by atoms with Crippen LogP contribution in [0, 0.1) is 5.82 Å². The van der Waals surface area contributed by atoms with E-state index >= 15 is 0 Å². The van der Waals surface area contributed by atoms with Crippen molar-refractivity contribution in [2.24, 2.45) is 0 Å². The summed E-state index contributed by atoms with van der Waals surface area (Å²) in [6, 6.07) is 7.77. The van der Waals surface area contributed by atoms with Crippen molar-refractivity contribution in [1.82, 2.24) is 20.3 Å². The molecule has 170 valence electrons. The maximum atomic E-state index is 14.3. The largest absolute Gasteiger partial charge is 0.513 e. The number of aromatic nitrogens is 3. The van der Waals surface area contributed by atoms with E-state index in [9.17, 15) is 14.3 Å². The number of pyridine rings is 1. The number of carbonyl (C=O) groups excluding carboxylic acids is 1. The summed E-state index contributed by atoms with van der Waals surface area (Å²) in [6.45, 7) is 1.57. The summed E-state index contributed by atoms with van der Waals surface area (Å²) in [4.78, 5) is 24.5. The summed E-state index contributed by atoms with van der Waals surface area (Å²) in [5, 5.41) is 16.1. The van der Waals surface area contributed by atoms with Crippen LogP contribution in [-0.4, -0.2) is 46.7 Å². The molecule has 0 aliphatic rings. The summed E-state index contributed by atoms with van der Waals surface area (Å²) in [5.41, 5.74) is 1.85. The zero-order valence-electron chi connectivity index (χ0n) is 18.5. The molecule has 2 aromatic heterocycles. The minimum atomic E-state index is -0.516. The minimum Gasteiger partial charge on any atom is -0.513 e. The Bertz CT molecular complexity index is 1290. The molecule has 3 rings (SSSR count). The van der Waals surface area contributed by atoms with E-state index < -0.39 is 5.82 Å². The number of hydrogen-bond donors (Lipinski definition) is 3. The van der Waals surface area contributed by atoms with Gasteiger partial charge < -0.3 is 20.5 Å². The average Bonchev–Trinajstić information content (AvgIpc) is 2.85. The third-order valence-corrected chi connectivity index (χ3v) is 4.72. The predicted octanol–water partition coefficient (Wildman–Crippen LogP) is 2.02. The van der Waals surface area contributed by atoms with Gasteiger partial charge in [-0.2, -0.15) is 0 Å². The maximum Gasteiger partial charge on any atom is 0.257 e. The van der Waals surface area contributed by atoms with Crippen molar-refractivity contribution < 1.29 is 19.0 Å². The lowest BCUT2D eigenvalue weighted by Gasteiger charge is -2.10. The normalized spacial score (nSPS) is 12.5. The number of nitrogens with one attached hydrogen (secondary N) is 2. The molecule has 0 spiro atoms. The smallest absolute Gasteiger partial charge is 0.257 e. The molecule has 1 amide bonds. The van der Waals surface area contributed by atoms with E-state index in [2.05, 4.69) is 25.6 Å². The van der Waals surface area contributed by atoms with E-state index in [0.717, 1.165) is 6.26 Å². The molecule has 0 radical (unpaired) electrons. The number of benzene rings is 1. The van der Waals surface area contributed by atoms with Crippen LogP contribution in [0.15, 0.2) is 48.8 Å². The number of hydrogen-bond acceptors (Lipinski definition) is 7. The number of allylic oxidation sites excluding steroid dienone is 2. The lowest BCUT2D eigenvalue weighted by atomic mass is 10.0. The summed E-state index contributed by atoms with van der Waals surface area (Å²) in [7, 11) is 3.20. The highest BCUT2D eigenvalue weighted by Gasteiger charge is 2.10. The highest BCUT2D eigenvalue weighted by atomic mass is 19.1. The number of nitrogens with zero attached hydrogens (tertiary/aromatic N) is 3. The first kappa shape index (κ1) is 23.4. The second kappa shape index (κ2) is 10.9. The molecule has 0 aliphatic carbocycles. The highest BCUT2D eigenvalue weighted by molar-refractivity contribution is 5.89. The highest BCUT2D eigenvalue weighted by Crippen LogP contribution is 2.24. The van der Waals surface area contributed by atoms with Gasteiger partial charge in [0.25, 0.3) is 5.91 Å². The molecule has 0 aliphatic heterocycles. The number of rotatable bonds is 7. The fraction of sp³-hybridized carbons (Fsp3) is 0.167. The van der Waals surface area contributed by atoms with Gasteiger partial charge in [0.1, 0.15) is 29.0 Å². The number of likely N-dealkylation sites (N-methyl/N-ethyl adjacent to an activating group) is 1. The monoisotopic (exact) mass is 449 g/mol. The molecule has 3 N–H and O–H groups in total. The van der Waals surface area contributed by atoms with Crippen LogP contribution in [0.1, 0.15) is 12.5 Å². The van der Waals surface area contributed by atoms with E-state index in [-0.39, 0.29) is 23.6 Å². The number of amides is 1. The Morgan fingerprint density at radius 3 is 2.70 bits per heavy atom. The van der Waals surface area contributed by atoms with Crippen molar-refractivity contribution >= 4 is 29.6 Å². The van der Waals surface area contributed by atoms with Gasteiger partial charge in [0, 0.05) is 43.3 Å². The zero-order chi connectivity index (χ0) is 23.8. The molecule has 33 heavy (non-hydrogen) atoms. The van der Waals surface area contributed by atoms with E-state index in [0.29, 0.717) is 33.6 Å². The zero-order valence-corrected chi connectivity index (χ0v) is 18.5. The Morgan fingerprint density at radius 1 is 1.24 bits per heavy atom. The van der Waals surface area contributed by atoms with Crippen LogP contribution in [0.5, 0.6) is 5.75 Å². The van der Waals surface area contributed by atoms with Gasteiger partial charge in [-0.15, -0.1) is 0 Å². The SMILES string of the molecule is C\C=C(/C=c1/c(NC)nc(-c2cccnc2)n/c1=C\O)c1cc(F)cc(OCC(=O)NC)c1. The Morgan fingerprint density at radius 2 is 2.06 bits per heavy atom. The molecule has 1 aromatic carbocycles. The predicted molar refractivity (Wildman–Crippen MR) is 125 cm³/mol.